The molecule has 1 N–H and O–H groups in total. The smallest absolute Gasteiger partial charge is 0.405 e. The predicted octanol–water partition coefficient (Wildman–Crippen LogP) is 4.79. The highest BCUT2D eigenvalue weighted by Crippen LogP contribution is 2.48. The highest BCUT2D eigenvalue weighted by Gasteiger charge is 2.52. The molecule has 2 aliphatic carbocycles. The lowest BCUT2D eigenvalue weighted by atomic mass is 9.89. The Morgan fingerprint density at radius 2 is 1.78 bits per heavy atom. The first-order valence-corrected chi connectivity index (χ1v) is 14.7. The number of ether oxygens (including phenoxy) is 3. The van der Waals surface area contributed by atoms with Crippen LogP contribution in [0.25, 0.3) is 0 Å². The first kappa shape index (κ1) is 30.7. The summed E-state index contributed by atoms with van der Waals surface area (Å²) < 4.78 is 74.1. The number of benzene rings is 2. The summed E-state index contributed by atoms with van der Waals surface area (Å²) in [6.45, 7) is 0.456. The minimum Gasteiger partial charge on any atom is -0.451 e. The maximum Gasteiger partial charge on any atom is 0.405 e. The molecule has 0 heterocycles. The first-order chi connectivity index (χ1) is 19.1. The summed E-state index contributed by atoms with van der Waals surface area (Å²) in [7, 11) is -5.98. The maximum absolute atomic E-state index is 13.8. The summed E-state index contributed by atoms with van der Waals surface area (Å²) in [6.07, 6.45) is 0.932. The molecule has 4 atom stereocenters. The number of rotatable bonds is 9. The van der Waals surface area contributed by atoms with E-state index in [0.29, 0.717) is 28.9 Å². The van der Waals surface area contributed by atoms with Crippen LogP contribution in [0.1, 0.15) is 53.3 Å². The van der Waals surface area contributed by atoms with E-state index in [1.807, 2.05) is 22.6 Å². The van der Waals surface area contributed by atoms with Gasteiger partial charge in [-0.2, -0.15) is 17.2 Å². The molecule has 0 aromatic heterocycles. The van der Waals surface area contributed by atoms with Crippen LogP contribution in [-0.2, 0) is 19.6 Å². The van der Waals surface area contributed by atoms with Crippen LogP contribution in [0.4, 0.5) is 14.5 Å². The lowest BCUT2D eigenvalue weighted by molar-refractivity contribution is -0.385. The van der Waals surface area contributed by atoms with Gasteiger partial charge in [0.25, 0.3) is 5.69 Å². The van der Waals surface area contributed by atoms with Gasteiger partial charge in [0, 0.05) is 15.7 Å². The zero-order valence-corrected chi connectivity index (χ0v) is 24.1. The quantitative estimate of drug-likeness (QED) is 0.0947. The standard InChI is InChI=1S/C25H22F2INO11S/c1-12(25(26,27)41(35,36)37)38-24(32)19-11-16(5-7-20(19)29(33)34)39-22(30)17-6-4-15(28)10-21(17)40-23(31)18-9-13-2-3-14(18)8-13/h4-7,10-14,18H,2-3,8-9H2,1H3,(H,35,36,37). The highest BCUT2D eigenvalue weighted by molar-refractivity contribution is 14.1. The number of carbonyl (C=O) groups excluding carboxylic acids is 3. The molecule has 2 bridgehead atoms. The highest BCUT2D eigenvalue weighted by atomic mass is 127. The summed E-state index contributed by atoms with van der Waals surface area (Å²) in [4.78, 5) is 48.8. The predicted molar refractivity (Wildman–Crippen MR) is 143 cm³/mol. The number of nitro groups is 1. The molecule has 2 saturated carbocycles. The Kier molecular flexibility index (Phi) is 8.65. The summed E-state index contributed by atoms with van der Waals surface area (Å²) in [5.74, 6) is -3.37. The van der Waals surface area contributed by atoms with E-state index < -0.39 is 61.3 Å². The molecular weight excluding hydrogens is 687 g/mol. The Labute approximate surface area is 245 Å². The molecule has 220 valence electrons. The Hall–Kier alpha value is -3.25. The van der Waals surface area contributed by atoms with Gasteiger partial charge in [-0.3, -0.25) is 19.5 Å². The number of hydrogen-bond acceptors (Lipinski definition) is 10. The SMILES string of the molecule is CC(OC(=O)c1cc(OC(=O)c2ccc(I)cc2OC(=O)C2CC3CCC2C3)ccc1[N+](=O)[O-])C(F)(F)S(=O)(=O)O. The Bertz CT molecular complexity index is 1530. The van der Waals surface area contributed by atoms with Gasteiger partial charge >= 0.3 is 33.3 Å². The molecule has 4 unspecified atom stereocenters. The minimum absolute atomic E-state index is 0.0718. The second-order valence-corrected chi connectivity index (χ2v) is 12.5. The fraction of sp³-hybridized carbons (Fsp3) is 0.400. The molecule has 2 aromatic carbocycles. The lowest BCUT2D eigenvalue weighted by Crippen LogP contribution is -2.42. The normalized spacial score (nSPS) is 20.8. The monoisotopic (exact) mass is 709 g/mol. The van der Waals surface area contributed by atoms with Gasteiger partial charge < -0.3 is 14.2 Å². The summed E-state index contributed by atoms with van der Waals surface area (Å²) in [5, 5.41) is 6.50. The number of nitro benzene ring substituents is 1. The van der Waals surface area contributed by atoms with Crippen LogP contribution < -0.4 is 9.47 Å². The van der Waals surface area contributed by atoms with Crippen molar-refractivity contribution in [2.24, 2.45) is 17.8 Å². The van der Waals surface area contributed by atoms with Crippen LogP contribution in [-0.4, -0.2) is 47.2 Å². The van der Waals surface area contributed by atoms with Crippen LogP contribution in [0, 0.1) is 31.4 Å². The van der Waals surface area contributed by atoms with E-state index >= 15 is 0 Å². The van der Waals surface area contributed by atoms with E-state index in [9.17, 15) is 41.7 Å². The van der Waals surface area contributed by atoms with E-state index in [0.717, 1.165) is 31.4 Å². The van der Waals surface area contributed by atoms with Crippen LogP contribution in [0.2, 0.25) is 0 Å². The molecular formula is C25H22F2INO11S. The van der Waals surface area contributed by atoms with Gasteiger partial charge in [0.1, 0.15) is 22.6 Å². The van der Waals surface area contributed by atoms with Crippen LogP contribution in [0.5, 0.6) is 11.5 Å². The number of alkyl halides is 2. The second-order valence-electron chi connectivity index (χ2n) is 9.75. The molecule has 41 heavy (non-hydrogen) atoms. The van der Waals surface area contributed by atoms with Crippen LogP contribution >= 0.6 is 22.6 Å². The maximum atomic E-state index is 13.8. The van der Waals surface area contributed by atoms with Crippen LogP contribution in [0.3, 0.4) is 0 Å². The summed E-state index contributed by atoms with van der Waals surface area (Å²) in [5.41, 5.74) is -2.03. The van der Waals surface area contributed by atoms with Crippen molar-refractivity contribution in [1.29, 1.82) is 0 Å². The van der Waals surface area contributed by atoms with Crippen molar-refractivity contribution in [1.82, 2.24) is 0 Å². The summed E-state index contributed by atoms with van der Waals surface area (Å²) in [6, 6.07) is 6.71. The molecule has 0 aliphatic heterocycles. The fourth-order valence-corrected chi connectivity index (χ4v) is 5.96. The average Bonchev–Trinajstić information content (AvgIpc) is 3.52. The topological polar surface area (TPSA) is 176 Å². The molecule has 16 heteroatoms. The van der Waals surface area contributed by atoms with E-state index in [2.05, 4.69) is 4.74 Å². The van der Waals surface area contributed by atoms with Gasteiger partial charge in [0.15, 0.2) is 6.10 Å². The van der Waals surface area contributed by atoms with Crippen molar-refractivity contribution in [3.8, 4) is 11.5 Å². The van der Waals surface area contributed by atoms with Gasteiger partial charge in [0.2, 0.25) is 0 Å². The molecule has 4 rings (SSSR count). The minimum atomic E-state index is -5.98. The summed E-state index contributed by atoms with van der Waals surface area (Å²) >= 11 is 1.96. The van der Waals surface area contributed by atoms with Gasteiger partial charge in [-0.05, 0) is 84.9 Å². The van der Waals surface area contributed by atoms with Gasteiger partial charge in [0.05, 0.1) is 10.8 Å². The van der Waals surface area contributed by atoms with Crippen molar-refractivity contribution < 1.29 is 55.3 Å². The van der Waals surface area contributed by atoms with E-state index in [-0.39, 0.29) is 23.1 Å². The van der Waals surface area contributed by atoms with Crippen molar-refractivity contribution >= 4 is 56.3 Å². The van der Waals surface area contributed by atoms with E-state index in [1.54, 1.807) is 6.07 Å². The zero-order valence-electron chi connectivity index (χ0n) is 21.1. The van der Waals surface area contributed by atoms with Gasteiger partial charge in [-0.15, -0.1) is 0 Å². The number of nitrogens with zero attached hydrogens (tertiary/aromatic N) is 1. The Morgan fingerprint density at radius 3 is 2.37 bits per heavy atom. The first-order valence-electron chi connectivity index (χ1n) is 12.2. The van der Waals surface area contributed by atoms with Gasteiger partial charge in [-0.25, -0.2) is 9.59 Å². The molecule has 2 fully saturated rings. The fourth-order valence-electron chi connectivity index (χ4n) is 5.03. The van der Waals surface area contributed by atoms with Crippen molar-refractivity contribution in [3.63, 3.8) is 0 Å². The third-order valence-electron chi connectivity index (χ3n) is 7.11. The number of hydrogen-bond donors (Lipinski definition) is 1. The number of fused-ring (bicyclic) bond motifs is 2. The molecule has 12 nitrogen and oxygen atoms in total. The number of carbonyl (C=O) groups is 3. The molecule has 2 aliphatic rings. The van der Waals surface area contributed by atoms with Crippen molar-refractivity contribution in [2.45, 2.75) is 44.0 Å². The molecule has 0 radical (unpaired) electrons. The van der Waals surface area contributed by atoms with Crippen molar-refractivity contribution in [2.75, 3.05) is 0 Å². The van der Waals surface area contributed by atoms with E-state index in [4.69, 9.17) is 14.0 Å². The lowest BCUT2D eigenvalue weighted by Gasteiger charge is -2.21. The van der Waals surface area contributed by atoms with Crippen LogP contribution in [0.15, 0.2) is 36.4 Å². The molecule has 0 amide bonds. The molecule has 0 saturated heterocycles. The van der Waals surface area contributed by atoms with Gasteiger partial charge in [-0.1, -0.05) is 6.42 Å². The number of halogens is 3. The van der Waals surface area contributed by atoms with Crippen molar-refractivity contribution in [3.05, 3.63) is 61.2 Å². The largest absolute Gasteiger partial charge is 0.451 e. The Morgan fingerprint density at radius 1 is 1.07 bits per heavy atom. The molecule has 2 aromatic rings. The molecule has 0 spiro atoms. The Balaban J connectivity index is 1.56. The second kappa shape index (κ2) is 11.6. The van der Waals surface area contributed by atoms with E-state index in [1.165, 1.54) is 12.1 Å². The third-order valence-corrected chi connectivity index (χ3v) is 8.80. The average molecular weight is 709 g/mol. The third kappa shape index (κ3) is 6.48. The zero-order chi connectivity index (χ0) is 30.3. The number of esters is 3.